The smallest absolute Gasteiger partial charge is 0.262 e. The molecule has 0 radical (unpaired) electrons. The van der Waals surface area contributed by atoms with Crippen LogP contribution < -0.4 is 30.5 Å². The molecule has 0 fully saturated rings. The Hall–Kier alpha value is -3.61. The first-order valence-electron chi connectivity index (χ1n) is 8.85. The number of methoxy groups -OCH3 is 1. The zero-order valence-corrected chi connectivity index (χ0v) is 15.4. The van der Waals surface area contributed by atoms with Crippen molar-refractivity contribution < 1.29 is 14.3 Å². The van der Waals surface area contributed by atoms with Crippen LogP contribution in [0.3, 0.4) is 0 Å². The molecular formula is C21H18N2O5. The minimum Gasteiger partial charge on any atom is -0.497 e. The highest BCUT2D eigenvalue weighted by Crippen LogP contribution is 2.37. The first-order valence-corrected chi connectivity index (χ1v) is 8.85. The van der Waals surface area contributed by atoms with E-state index in [2.05, 4.69) is 5.32 Å². The van der Waals surface area contributed by atoms with E-state index in [1.807, 2.05) is 19.1 Å². The molecule has 0 bridgehead atoms. The van der Waals surface area contributed by atoms with E-state index in [-0.39, 0.29) is 12.5 Å². The Kier molecular flexibility index (Phi) is 4.35. The number of amides is 1. The molecule has 3 aromatic rings. The summed E-state index contributed by atoms with van der Waals surface area (Å²) in [7, 11) is 1.59. The van der Waals surface area contributed by atoms with E-state index < -0.39 is 10.9 Å². The third-order valence-electron chi connectivity index (χ3n) is 4.76. The number of benzene rings is 2. The number of ether oxygens (including phenoxy) is 2. The van der Waals surface area contributed by atoms with Gasteiger partial charge in [0.25, 0.3) is 11.3 Å². The van der Waals surface area contributed by atoms with E-state index in [0.29, 0.717) is 40.5 Å². The molecule has 3 aromatic carbocycles. The molecule has 1 amide bonds. The van der Waals surface area contributed by atoms with E-state index in [4.69, 9.17) is 9.47 Å². The van der Waals surface area contributed by atoms with Crippen molar-refractivity contribution in [1.82, 2.24) is 0 Å². The average Bonchev–Trinajstić information content (AvgIpc) is 2.73. The Balaban J connectivity index is 1.76. The van der Waals surface area contributed by atoms with Gasteiger partial charge < -0.3 is 19.7 Å². The van der Waals surface area contributed by atoms with Crippen LogP contribution in [0.4, 0.5) is 17.1 Å². The van der Waals surface area contributed by atoms with Crippen molar-refractivity contribution in [3.63, 3.8) is 0 Å². The van der Waals surface area contributed by atoms with Crippen molar-refractivity contribution in [2.75, 3.05) is 30.5 Å². The second-order valence-electron chi connectivity index (χ2n) is 6.37. The first kappa shape index (κ1) is 17.8. The van der Waals surface area contributed by atoms with Gasteiger partial charge in [0.1, 0.15) is 17.2 Å². The number of nitrogens with one attached hydrogen (secondary N) is 1. The molecule has 1 aliphatic rings. The lowest BCUT2D eigenvalue weighted by atomic mass is 9.96. The lowest BCUT2D eigenvalue weighted by Gasteiger charge is -2.27. The van der Waals surface area contributed by atoms with E-state index in [0.717, 1.165) is 5.69 Å². The summed E-state index contributed by atoms with van der Waals surface area (Å²) in [6.45, 7) is 2.35. The van der Waals surface area contributed by atoms with Gasteiger partial charge in [-0.1, -0.05) is 6.07 Å². The number of rotatable bonds is 5. The second kappa shape index (κ2) is 6.84. The monoisotopic (exact) mass is 378 g/mol. The molecule has 0 aromatic heterocycles. The molecule has 142 valence electrons. The average molecular weight is 378 g/mol. The normalized spacial score (nSPS) is 12.9. The first-order chi connectivity index (χ1) is 13.5. The lowest BCUT2D eigenvalue weighted by molar-refractivity contribution is -0.118. The van der Waals surface area contributed by atoms with Gasteiger partial charge in [0.2, 0.25) is 5.43 Å². The summed E-state index contributed by atoms with van der Waals surface area (Å²) in [5.74, 6) is 0.953. The van der Waals surface area contributed by atoms with Crippen molar-refractivity contribution in [3.8, 4) is 22.6 Å². The molecule has 0 aliphatic carbocycles. The summed E-state index contributed by atoms with van der Waals surface area (Å²) in [5.41, 5.74) is 1.59. The Bertz CT molecular complexity index is 1130. The fraction of sp³-hybridized carbons (Fsp3) is 0.190. The standard InChI is InChI=1S/C21H18N2O5/c1-3-23(13-5-7-14(27-2)8-6-13)19-18(20(25)21(19)26)12-4-9-15-16(10-12)28-11-17(24)22-15/h4-10H,3,11H2,1-2H3,(H,22,24). The molecule has 7 heteroatoms. The molecule has 0 saturated heterocycles. The third kappa shape index (κ3) is 2.81. The van der Waals surface area contributed by atoms with Crippen molar-refractivity contribution in [2.45, 2.75) is 6.92 Å². The molecule has 0 atom stereocenters. The van der Waals surface area contributed by atoms with E-state index in [9.17, 15) is 14.4 Å². The lowest BCUT2D eigenvalue weighted by Crippen LogP contribution is -2.40. The quantitative estimate of drug-likeness (QED) is 0.687. The molecule has 1 heterocycles. The summed E-state index contributed by atoms with van der Waals surface area (Å²) in [6.07, 6.45) is 0. The van der Waals surface area contributed by atoms with Gasteiger partial charge in [-0.05, 0) is 48.9 Å². The maximum Gasteiger partial charge on any atom is 0.262 e. The van der Waals surface area contributed by atoms with Crippen LogP contribution >= 0.6 is 0 Å². The predicted molar refractivity (Wildman–Crippen MR) is 107 cm³/mol. The summed E-state index contributed by atoms with van der Waals surface area (Å²) in [5, 5.41) is 2.71. The van der Waals surface area contributed by atoms with Gasteiger partial charge >= 0.3 is 0 Å². The van der Waals surface area contributed by atoms with Gasteiger partial charge in [-0.15, -0.1) is 0 Å². The largest absolute Gasteiger partial charge is 0.497 e. The third-order valence-corrected chi connectivity index (χ3v) is 4.76. The molecule has 7 nitrogen and oxygen atoms in total. The van der Waals surface area contributed by atoms with Crippen LogP contribution in [0, 0.1) is 0 Å². The summed E-state index contributed by atoms with van der Waals surface area (Å²) in [4.78, 5) is 38.0. The highest BCUT2D eigenvalue weighted by Gasteiger charge is 2.28. The summed E-state index contributed by atoms with van der Waals surface area (Å²) < 4.78 is 10.6. The molecule has 0 saturated carbocycles. The highest BCUT2D eigenvalue weighted by atomic mass is 16.5. The Morgan fingerprint density at radius 2 is 1.82 bits per heavy atom. The molecule has 28 heavy (non-hydrogen) atoms. The SMILES string of the molecule is CCN(c1ccc(OC)cc1)c1c(-c2ccc3c(c2)OCC(=O)N3)c(=O)c1=O. The number of anilines is 3. The molecule has 0 unspecified atom stereocenters. The fourth-order valence-corrected chi connectivity index (χ4v) is 3.37. The second-order valence-corrected chi connectivity index (χ2v) is 6.37. The van der Waals surface area contributed by atoms with Crippen LogP contribution in [0.1, 0.15) is 6.92 Å². The number of carbonyl (C=O) groups excluding carboxylic acids is 1. The maximum absolute atomic E-state index is 12.4. The van der Waals surface area contributed by atoms with Gasteiger partial charge in [-0.3, -0.25) is 14.4 Å². The van der Waals surface area contributed by atoms with Crippen LogP contribution in [-0.2, 0) is 4.79 Å². The van der Waals surface area contributed by atoms with Crippen molar-refractivity contribution in [3.05, 3.63) is 62.9 Å². The maximum atomic E-state index is 12.4. The zero-order chi connectivity index (χ0) is 19.8. The number of fused-ring (bicyclic) bond motifs is 1. The summed E-state index contributed by atoms with van der Waals surface area (Å²) >= 11 is 0. The molecule has 0 spiro atoms. The Morgan fingerprint density at radius 3 is 2.50 bits per heavy atom. The molecule has 1 aliphatic heterocycles. The van der Waals surface area contributed by atoms with Crippen LogP contribution in [0.2, 0.25) is 0 Å². The van der Waals surface area contributed by atoms with Gasteiger partial charge in [-0.2, -0.15) is 0 Å². The van der Waals surface area contributed by atoms with Gasteiger partial charge in [0, 0.05) is 12.2 Å². The Labute approximate surface area is 160 Å². The Morgan fingerprint density at radius 1 is 1.07 bits per heavy atom. The minimum absolute atomic E-state index is 0.0812. The van der Waals surface area contributed by atoms with Crippen LogP contribution in [0.5, 0.6) is 11.5 Å². The van der Waals surface area contributed by atoms with Crippen molar-refractivity contribution >= 4 is 23.0 Å². The van der Waals surface area contributed by atoms with Crippen LogP contribution in [0.25, 0.3) is 11.1 Å². The highest BCUT2D eigenvalue weighted by molar-refractivity contribution is 5.96. The molecule has 1 N–H and O–H groups in total. The number of hydrogen-bond acceptors (Lipinski definition) is 6. The fourth-order valence-electron chi connectivity index (χ4n) is 3.37. The van der Waals surface area contributed by atoms with Crippen molar-refractivity contribution in [1.29, 1.82) is 0 Å². The zero-order valence-electron chi connectivity index (χ0n) is 15.4. The van der Waals surface area contributed by atoms with Crippen LogP contribution in [0.15, 0.2) is 52.1 Å². The van der Waals surface area contributed by atoms with Gasteiger partial charge in [0.15, 0.2) is 6.61 Å². The number of hydrogen-bond donors (Lipinski definition) is 1. The van der Waals surface area contributed by atoms with E-state index in [1.54, 1.807) is 42.3 Å². The van der Waals surface area contributed by atoms with Gasteiger partial charge in [0.05, 0.1) is 18.4 Å². The van der Waals surface area contributed by atoms with E-state index >= 15 is 0 Å². The van der Waals surface area contributed by atoms with Gasteiger partial charge in [-0.25, -0.2) is 0 Å². The minimum atomic E-state index is -0.526. The van der Waals surface area contributed by atoms with E-state index in [1.165, 1.54) is 0 Å². The number of nitrogens with zero attached hydrogens (tertiary/aromatic N) is 1. The summed E-state index contributed by atoms with van der Waals surface area (Å²) in [6, 6.07) is 12.3. The van der Waals surface area contributed by atoms with Crippen LogP contribution in [-0.4, -0.2) is 26.2 Å². The number of carbonyl (C=O) groups is 1. The predicted octanol–water partition coefficient (Wildman–Crippen LogP) is 2.45. The topological polar surface area (TPSA) is 84.9 Å². The van der Waals surface area contributed by atoms with Crippen molar-refractivity contribution in [2.24, 2.45) is 0 Å². The molecular weight excluding hydrogens is 360 g/mol. The molecule has 4 rings (SSSR count).